The molecule has 1 heterocycles. The molecule has 1 aromatic heterocycles. The predicted octanol–water partition coefficient (Wildman–Crippen LogP) is 3.11. The number of benzene rings is 1. The van der Waals surface area contributed by atoms with Crippen molar-refractivity contribution in [3.8, 4) is 0 Å². The largest absolute Gasteiger partial charge is 0.363 e. The number of anilines is 1. The lowest BCUT2D eigenvalue weighted by molar-refractivity contribution is 0.476. The lowest BCUT2D eigenvalue weighted by Crippen LogP contribution is -2.38. The summed E-state index contributed by atoms with van der Waals surface area (Å²) in [4.78, 5) is 12.6. The Morgan fingerprint density at radius 2 is 1.80 bits per heavy atom. The molecule has 0 spiro atoms. The van der Waals surface area contributed by atoms with Gasteiger partial charge in [-0.2, -0.15) is 0 Å². The van der Waals surface area contributed by atoms with E-state index in [1.54, 1.807) is 25.4 Å². The van der Waals surface area contributed by atoms with E-state index in [4.69, 9.17) is 0 Å². The molecule has 0 atom stereocenters. The highest BCUT2D eigenvalue weighted by Gasteiger charge is 2.07. The molecule has 25 heavy (non-hydrogen) atoms. The molecule has 5 nitrogen and oxygen atoms in total. The molecule has 136 valence electrons. The molecule has 0 saturated carbocycles. The second-order valence-corrected chi connectivity index (χ2v) is 5.80. The van der Waals surface area contributed by atoms with Gasteiger partial charge in [0, 0.05) is 47.5 Å². The first kappa shape index (κ1) is 21.1. The quantitative estimate of drug-likeness (QED) is 0.426. The molecule has 0 fully saturated rings. The van der Waals surface area contributed by atoms with Gasteiger partial charge in [0.1, 0.15) is 11.6 Å². The third kappa shape index (κ3) is 6.49. The highest BCUT2D eigenvalue weighted by Crippen LogP contribution is 2.10. The minimum Gasteiger partial charge on any atom is -0.363 e. The summed E-state index contributed by atoms with van der Waals surface area (Å²) in [6, 6.07) is 10.5. The van der Waals surface area contributed by atoms with Gasteiger partial charge in [-0.1, -0.05) is 12.1 Å². The summed E-state index contributed by atoms with van der Waals surface area (Å²) in [5.41, 5.74) is 2.16. The molecule has 2 aromatic rings. The summed E-state index contributed by atoms with van der Waals surface area (Å²) in [6.45, 7) is 1.31. The van der Waals surface area contributed by atoms with E-state index < -0.39 is 0 Å². The Balaban J connectivity index is 0.00000312. The Hall–Kier alpha value is -1.90. The summed E-state index contributed by atoms with van der Waals surface area (Å²) in [7, 11) is 7.64. The summed E-state index contributed by atoms with van der Waals surface area (Å²) >= 11 is 0. The van der Waals surface area contributed by atoms with Crippen molar-refractivity contribution < 1.29 is 4.39 Å². The molecule has 0 unspecified atom stereocenters. The maximum atomic E-state index is 13.0. The van der Waals surface area contributed by atoms with Gasteiger partial charge in [-0.05, 0) is 35.4 Å². The topological polar surface area (TPSA) is 43.8 Å². The SMILES string of the molecule is CN=C(NCc1ccnc(N(C)C)c1)N(C)Cc1ccc(F)cc1.I. The van der Waals surface area contributed by atoms with Gasteiger partial charge in [0.2, 0.25) is 0 Å². The molecule has 2 rings (SSSR count). The maximum Gasteiger partial charge on any atom is 0.193 e. The smallest absolute Gasteiger partial charge is 0.193 e. The van der Waals surface area contributed by atoms with Crippen LogP contribution >= 0.6 is 24.0 Å². The maximum absolute atomic E-state index is 13.0. The molecule has 1 N–H and O–H groups in total. The van der Waals surface area contributed by atoms with Crippen molar-refractivity contribution in [2.24, 2.45) is 4.99 Å². The van der Waals surface area contributed by atoms with Gasteiger partial charge in [0.05, 0.1) is 0 Å². The zero-order valence-corrected chi connectivity index (χ0v) is 17.4. The molecular weight excluding hydrogens is 432 g/mol. The predicted molar refractivity (Wildman–Crippen MR) is 112 cm³/mol. The number of guanidine groups is 1. The van der Waals surface area contributed by atoms with Crippen molar-refractivity contribution in [3.05, 3.63) is 59.5 Å². The Morgan fingerprint density at radius 1 is 1.12 bits per heavy atom. The van der Waals surface area contributed by atoms with Crippen LogP contribution in [0.4, 0.5) is 10.2 Å². The summed E-state index contributed by atoms with van der Waals surface area (Å²) in [6.07, 6.45) is 1.80. The van der Waals surface area contributed by atoms with E-state index in [1.807, 2.05) is 43.1 Å². The third-order valence-electron chi connectivity index (χ3n) is 3.63. The van der Waals surface area contributed by atoms with Gasteiger partial charge in [-0.3, -0.25) is 4.99 Å². The Labute approximate surface area is 166 Å². The van der Waals surface area contributed by atoms with Gasteiger partial charge in [0.25, 0.3) is 0 Å². The number of pyridine rings is 1. The number of nitrogens with one attached hydrogen (secondary N) is 1. The van der Waals surface area contributed by atoms with Crippen LogP contribution in [0, 0.1) is 5.82 Å². The van der Waals surface area contributed by atoms with E-state index in [1.165, 1.54) is 12.1 Å². The average molecular weight is 457 g/mol. The van der Waals surface area contributed by atoms with Crippen molar-refractivity contribution in [3.63, 3.8) is 0 Å². The third-order valence-corrected chi connectivity index (χ3v) is 3.63. The van der Waals surface area contributed by atoms with E-state index in [0.29, 0.717) is 13.1 Å². The number of halogens is 2. The van der Waals surface area contributed by atoms with E-state index in [2.05, 4.69) is 15.3 Å². The molecule has 0 aliphatic rings. The highest BCUT2D eigenvalue weighted by atomic mass is 127. The van der Waals surface area contributed by atoms with Crippen LogP contribution in [0.25, 0.3) is 0 Å². The number of nitrogens with zero attached hydrogens (tertiary/aromatic N) is 4. The minimum atomic E-state index is -0.224. The van der Waals surface area contributed by atoms with Crippen molar-refractivity contribution in [2.45, 2.75) is 13.1 Å². The van der Waals surface area contributed by atoms with Gasteiger partial charge in [0.15, 0.2) is 5.96 Å². The van der Waals surface area contributed by atoms with Crippen LogP contribution in [-0.4, -0.2) is 44.0 Å². The van der Waals surface area contributed by atoms with Gasteiger partial charge >= 0.3 is 0 Å². The zero-order chi connectivity index (χ0) is 17.5. The van der Waals surface area contributed by atoms with E-state index in [9.17, 15) is 4.39 Å². The molecule has 0 aliphatic carbocycles. The first-order valence-electron chi connectivity index (χ1n) is 7.78. The number of aliphatic imine (C=N–C) groups is 1. The monoisotopic (exact) mass is 457 g/mol. The van der Waals surface area contributed by atoms with Crippen LogP contribution in [0.3, 0.4) is 0 Å². The molecule has 0 bridgehead atoms. The number of aromatic nitrogens is 1. The van der Waals surface area contributed by atoms with Crippen molar-refractivity contribution in [1.82, 2.24) is 15.2 Å². The van der Waals surface area contributed by atoms with Crippen molar-refractivity contribution >= 4 is 35.8 Å². The summed E-state index contributed by atoms with van der Waals surface area (Å²) in [5.74, 6) is 1.48. The van der Waals surface area contributed by atoms with E-state index in [0.717, 1.165) is 22.9 Å². The molecular formula is C18H25FIN5. The van der Waals surface area contributed by atoms with Crippen LogP contribution < -0.4 is 10.2 Å². The van der Waals surface area contributed by atoms with Crippen molar-refractivity contribution in [1.29, 1.82) is 0 Å². The van der Waals surface area contributed by atoms with Crippen LogP contribution in [0.5, 0.6) is 0 Å². The van der Waals surface area contributed by atoms with Crippen LogP contribution in [0.2, 0.25) is 0 Å². The van der Waals surface area contributed by atoms with E-state index >= 15 is 0 Å². The lowest BCUT2D eigenvalue weighted by atomic mass is 10.2. The van der Waals surface area contributed by atoms with Crippen LogP contribution in [0.1, 0.15) is 11.1 Å². The molecule has 1 aromatic carbocycles. The number of hydrogen-bond donors (Lipinski definition) is 1. The summed E-state index contributed by atoms with van der Waals surface area (Å²) in [5, 5.41) is 3.34. The van der Waals surface area contributed by atoms with Gasteiger partial charge in [-0.25, -0.2) is 9.37 Å². The molecule has 7 heteroatoms. The Bertz CT molecular complexity index is 688. The fraction of sp³-hybridized carbons (Fsp3) is 0.333. The fourth-order valence-corrected chi connectivity index (χ4v) is 2.32. The second-order valence-electron chi connectivity index (χ2n) is 5.80. The second kappa shape index (κ2) is 10.2. The van der Waals surface area contributed by atoms with E-state index in [-0.39, 0.29) is 29.8 Å². The Morgan fingerprint density at radius 3 is 2.40 bits per heavy atom. The summed E-state index contributed by atoms with van der Waals surface area (Å²) < 4.78 is 13.0. The molecule has 0 radical (unpaired) electrons. The lowest BCUT2D eigenvalue weighted by Gasteiger charge is -2.22. The first-order chi connectivity index (χ1) is 11.5. The average Bonchev–Trinajstić information content (AvgIpc) is 2.57. The van der Waals surface area contributed by atoms with Gasteiger partial charge < -0.3 is 15.1 Å². The molecule has 0 amide bonds. The standard InChI is InChI=1S/C18H24FN5.HI/c1-20-18(24(4)13-14-5-7-16(19)8-6-14)22-12-15-9-10-21-17(11-15)23(2)3;/h5-11H,12-13H2,1-4H3,(H,20,22);1H. The highest BCUT2D eigenvalue weighted by molar-refractivity contribution is 14.0. The minimum absolute atomic E-state index is 0. The van der Waals surface area contributed by atoms with Crippen LogP contribution in [-0.2, 0) is 13.1 Å². The first-order valence-corrected chi connectivity index (χ1v) is 7.78. The normalized spacial score (nSPS) is 10.8. The zero-order valence-electron chi connectivity index (χ0n) is 15.0. The number of rotatable bonds is 5. The molecule has 0 saturated heterocycles. The van der Waals surface area contributed by atoms with Crippen LogP contribution in [0.15, 0.2) is 47.6 Å². The van der Waals surface area contributed by atoms with Gasteiger partial charge in [-0.15, -0.1) is 24.0 Å². The fourth-order valence-electron chi connectivity index (χ4n) is 2.32. The number of hydrogen-bond acceptors (Lipinski definition) is 3. The molecule has 0 aliphatic heterocycles. The van der Waals surface area contributed by atoms with Crippen molar-refractivity contribution in [2.75, 3.05) is 33.1 Å². The Kier molecular flexibility index (Phi) is 8.60.